The molecule has 0 saturated heterocycles. The minimum Gasteiger partial charge on any atom is -0.328 e. The standard InChI is InChI=1S/C11H13FN2S2/c1-7(16-2)6-14-9-5-3-4-8(12)10(9)13-11(14)15/h3-5,7H,6H2,1-2H3,(H,13,15). The topological polar surface area (TPSA) is 20.7 Å². The first-order valence-electron chi connectivity index (χ1n) is 5.03. The largest absolute Gasteiger partial charge is 0.328 e. The zero-order valence-electron chi connectivity index (χ0n) is 9.16. The highest BCUT2D eigenvalue weighted by molar-refractivity contribution is 7.99. The number of aromatic nitrogens is 2. The second-order valence-corrected chi connectivity index (χ2v) is 5.38. The lowest BCUT2D eigenvalue weighted by atomic mass is 10.3. The molecule has 1 atom stereocenters. The van der Waals surface area contributed by atoms with Gasteiger partial charge in [0.25, 0.3) is 0 Å². The summed E-state index contributed by atoms with van der Waals surface area (Å²) in [5.41, 5.74) is 1.34. The summed E-state index contributed by atoms with van der Waals surface area (Å²) in [6.07, 6.45) is 2.06. The van der Waals surface area contributed by atoms with Crippen LogP contribution in [0.4, 0.5) is 4.39 Å². The highest BCUT2D eigenvalue weighted by atomic mass is 32.2. The number of aromatic amines is 1. The van der Waals surface area contributed by atoms with Crippen molar-refractivity contribution in [3.63, 3.8) is 0 Å². The average Bonchev–Trinajstić information content (AvgIpc) is 2.58. The minimum atomic E-state index is -0.251. The van der Waals surface area contributed by atoms with Crippen molar-refractivity contribution in [2.24, 2.45) is 0 Å². The van der Waals surface area contributed by atoms with Gasteiger partial charge in [-0.15, -0.1) is 0 Å². The maximum absolute atomic E-state index is 13.5. The number of benzene rings is 1. The fourth-order valence-electron chi connectivity index (χ4n) is 1.66. The summed E-state index contributed by atoms with van der Waals surface area (Å²) in [6, 6.07) is 5.04. The van der Waals surface area contributed by atoms with Crippen molar-refractivity contribution in [1.82, 2.24) is 9.55 Å². The van der Waals surface area contributed by atoms with Crippen LogP contribution in [0.1, 0.15) is 6.92 Å². The van der Waals surface area contributed by atoms with Crippen LogP contribution < -0.4 is 0 Å². The zero-order chi connectivity index (χ0) is 11.7. The Balaban J connectivity index is 2.57. The van der Waals surface area contributed by atoms with Gasteiger partial charge in [0.1, 0.15) is 11.3 Å². The van der Waals surface area contributed by atoms with Gasteiger partial charge in [0.2, 0.25) is 0 Å². The van der Waals surface area contributed by atoms with Crippen LogP contribution in [0.5, 0.6) is 0 Å². The number of fused-ring (bicyclic) bond motifs is 1. The van der Waals surface area contributed by atoms with E-state index in [0.29, 0.717) is 15.5 Å². The molecule has 0 radical (unpaired) electrons. The number of hydrogen-bond acceptors (Lipinski definition) is 2. The maximum Gasteiger partial charge on any atom is 0.178 e. The van der Waals surface area contributed by atoms with E-state index in [4.69, 9.17) is 12.2 Å². The molecular formula is C11H13FN2S2. The zero-order valence-corrected chi connectivity index (χ0v) is 10.8. The first-order valence-corrected chi connectivity index (χ1v) is 6.73. The van der Waals surface area contributed by atoms with Crippen molar-refractivity contribution in [3.05, 3.63) is 28.8 Å². The molecule has 1 aromatic heterocycles. The Labute approximate surface area is 103 Å². The molecule has 0 aliphatic heterocycles. The Morgan fingerprint density at radius 1 is 1.56 bits per heavy atom. The van der Waals surface area contributed by atoms with Crippen molar-refractivity contribution in [2.45, 2.75) is 18.7 Å². The first kappa shape index (κ1) is 11.7. The van der Waals surface area contributed by atoms with Crippen LogP contribution in [0, 0.1) is 10.6 Å². The number of H-pyrrole nitrogens is 1. The SMILES string of the molecule is CSC(C)Cn1c(=S)[nH]c2c(F)cccc21. The summed E-state index contributed by atoms with van der Waals surface area (Å²) in [6.45, 7) is 2.92. The lowest BCUT2D eigenvalue weighted by Crippen LogP contribution is -2.08. The summed E-state index contributed by atoms with van der Waals surface area (Å²) in [7, 11) is 0. The number of nitrogens with zero attached hydrogens (tertiary/aromatic N) is 1. The van der Waals surface area contributed by atoms with Gasteiger partial charge in [0.05, 0.1) is 5.52 Å². The molecule has 0 aliphatic rings. The van der Waals surface area contributed by atoms with Crippen LogP contribution in [0.3, 0.4) is 0 Å². The van der Waals surface area contributed by atoms with Crippen LogP contribution >= 0.6 is 24.0 Å². The number of thioether (sulfide) groups is 1. The summed E-state index contributed by atoms with van der Waals surface area (Å²) in [5.74, 6) is -0.251. The third-order valence-corrected chi connectivity index (χ3v) is 3.88. The summed E-state index contributed by atoms with van der Waals surface area (Å²) >= 11 is 6.98. The number of hydrogen-bond donors (Lipinski definition) is 1. The van der Waals surface area contributed by atoms with Gasteiger partial charge in [0, 0.05) is 11.8 Å². The lowest BCUT2D eigenvalue weighted by molar-refractivity contribution is 0.637. The maximum atomic E-state index is 13.5. The van der Waals surface area contributed by atoms with E-state index in [1.54, 1.807) is 17.8 Å². The van der Waals surface area contributed by atoms with Crippen LogP contribution in [-0.4, -0.2) is 21.1 Å². The normalized spacial score (nSPS) is 13.2. The van der Waals surface area contributed by atoms with E-state index in [9.17, 15) is 4.39 Å². The van der Waals surface area contributed by atoms with Gasteiger partial charge >= 0.3 is 0 Å². The van der Waals surface area contributed by atoms with Crippen LogP contribution in [0.15, 0.2) is 18.2 Å². The molecule has 5 heteroatoms. The number of imidazole rings is 1. The second-order valence-electron chi connectivity index (χ2n) is 3.72. The van der Waals surface area contributed by atoms with Gasteiger partial charge in [0.15, 0.2) is 4.77 Å². The fraction of sp³-hybridized carbons (Fsp3) is 0.364. The van der Waals surface area contributed by atoms with Crippen molar-refractivity contribution in [3.8, 4) is 0 Å². The number of para-hydroxylation sites is 1. The third kappa shape index (κ3) is 2.01. The van der Waals surface area contributed by atoms with E-state index in [0.717, 1.165) is 12.1 Å². The van der Waals surface area contributed by atoms with Gasteiger partial charge in [-0.2, -0.15) is 11.8 Å². The summed E-state index contributed by atoms with van der Waals surface area (Å²) < 4.78 is 16.0. The highest BCUT2D eigenvalue weighted by Crippen LogP contribution is 2.19. The van der Waals surface area contributed by atoms with Crippen molar-refractivity contribution < 1.29 is 4.39 Å². The van der Waals surface area contributed by atoms with Crippen LogP contribution in [0.25, 0.3) is 11.0 Å². The molecule has 0 spiro atoms. The van der Waals surface area contributed by atoms with Crippen LogP contribution in [-0.2, 0) is 6.54 Å². The van der Waals surface area contributed by atoms with Gasteiger partial charge in [-0.1, -0.05) is 13.0 Å². The summed E-state index contributed by atoms with van der Waals surface area (Å²) in [5, 5.41) is 0.453. The Kier molecular flexibility index (Phi) is 3.35. The predicted molar refractivity (Wildman–Crippen MR) is 70.1 cm³/mol. The molecule has 16 heavy (non-hydrogen) atoms. The Hall–Kier alpha value is -0.810. The van der Waals surface area contributed by atoms with E-state index in [2.05, 4.69) is 18.2 Å². The number of halogens is 1. The fourth-order valence-corrected chi connectivity index (χ4v) is 2.23. The third-order valence-electron chi connectivity index (χ3n) is 2.60. The highest BCUT2D eigenvalue weighted by Gasteiger charge is 2.10. The molecule has 1 N–H and O–H groups in total. The monoisotopic (exact) mass is 256 g/mol. The van der Waals surface area contributed by atoms with Crippen LogP contribution in [0.2, 0.25) is 0 Å². The van der Waals surface area contributed by atoms with Crippen molar-refractivity contribution in [1.29, 1.82) is 0 Å². The molecule has 1 aromatic carbocycles. The lowest BCUT2D eigenvalue weighted by Gasteiger charge is -2.09. The van der Waals surface area contributed by atoms with Crippen molar-refractivity contribution in [2.75, 3.05) is 6.26 Å². The van der Waals surface area contributed by atoms with E-state index in [-0.39, 0.29) is 5.82 Å². The molecule has 2 aromatic rings. The van der Waals surface area contributed by atoms with E-state index < -0.39 is 0 Å². The minimum absolute atomic E-state index is 0.251. The molecule has 86 valence electrons. The molecule has 0 fully saturated rings. The molecule has 1 heterocycles. The molecule has 0 amide bonds. The smallest absolute Gasteiger partial charge is 0.178 e. The van der Waals surface area contributed by atoms with E-state index in [1.807, 2.05) is 10.6 Å². The van der Waals surface area contributed by atoms with Gasteiger partial charge in [-0.3, -0.25) is 0 Å². The first-order chi connectivity index (χ1) is 7.63. The number of rotatable bonds is 3. The molecule has 0 bridgehead atoms. The molecule has 2 rings (SSSR count). The molecule has 0 aliphatic carbocycles. The predicted octanol–water partition coefficient (Wildman–Crippen LogP) is 3.59. The molecule has 1 unspecified atom stereocenters. The van der Waals surface area contributed by atoms with Gasteiger partial charge in [-0.05, 0) is 30.6 Å². The quantitative estimate of drug-likeness (QED) is 0.847. The summed E-state index contributed by atoms with van der Waals surface area (Å²) in [4.78, 5) is 2.92. The van der Waals surface area contributed by atoms with Crippen molar-refractivity contribution >= 4 is 35.0 Å². The Morgan fingerprint density at radius 2 is 2.31 bits per heavy atom. The number of nitrogens with one attached hydrogen (secondary N) is 1. The average molecular weight is 256 g/mol. The van der Waals surface area contributed by atoms with E-state index >= 15 is 0 Å². The Bertz CT molecular complexity index is 559. The molecular weight excluding hydrogens is 243 g/mol. The second kappa shape index (κ2) is 4.59. The molecule has 2 nitrogen and oxygen atoms in total. The van der Waals surface area contributed by atoms with E-state index in [1.165, 1.54) is 6.07 Å². The van der Waals surface area contributed by atoms with Gasteiger partial charge < -0.3 is 9.55 Å². The Morgan fingerprint density at radius 3 is 3.00 bits per heavy atom. The molecule has 0 saturated carbocycles. The van der Waals surface area contributed by atoms with Gasteiger partial charge in [-0.25, -0.2) is 4.39 Å².